The second-order valence-corrected chi connectivity index (χ2v) is 15.8. The lowest BCUT2D eigenvalue weighted by Crippen LogP contribution is -2.70. The van der Waals surface area contributed by atoms with E-state index in [1.807, 2.05) is 78.9 Å². The van der Waals surface area contributed by atoms with Gasteiger partial charge in [-0.05, 0) is 15.4 Å². The van der Waals surface area contributed by atoms with Crippen LogP contribution < -0.4 is 10.4 Å². The fourth-order valence-corrected chi connectivity index (χ4v) is 10.9. The van der Waals surface area contributed by atoms with Crippen molar-refractivity contribution in [3.05, 3.63) is 109 Å². The van der Waals surface area contributed by atoms with Crippen LogP contribution in [-0.2, 0) is 23.5 Å². The Labute approximate surface area is 235 Å². The monoisotopic (exact) mass is 555 g/mol. The number of carboxylic acids is 1. The van der Waals surface area contributed by atoms with Crippen LogP contribution in [0.3, 0.4) is 0 Å². The van der Waals surface area contributed by atoms with Gasteiger partial charge in [0, 0.05) is 12.0 Å². The normalized spacial score (nSPS) is 27.7. The summed E-state index contributed by atoms with van der Waals surface area (Å²) in [7, 11) is -2.97. The summed E-state index contributed by atoms with van der Waals surface area (Å²) in [6.07, 6.45) is 1.45. The van der Waals surface area contributed by atoms with E-state index in [1.54, 1.807) is 0 Å². The van der Waals surface area contributed by atoms with Crippen LogP contribution in [0.25, 0.3) is 0 Å². The van der Waals surface area contributed by atoms with E-state index >= 15 is 0 Å². The maximum atomic E-state index is 12.0. The number of aliphatic carboxylic acids is 1. The molecule has 1 unspecified atom stereocenters. The summed E-state index contributed by atoms with van der Waals surface area (Å²) in [5.74, 6) is -1.14. The fourth-order valence-electron chi connectivity index (χ4n) is 6.24. The van der Waals surface area contributed by atoms with Crippen molar-refractivity contribution in [3.63, 3.8) is 0 Å². The van der Waals surface area contributed by atoms with Gasteiger partial charge in [0.05, 0.1) is 0 Å². The summed E-state index contributed by atoms with van der Waals surface area (Å²) in [5.41, 5.74) is -0.374. The maximum absolute atomic E-state index is 12.0. The summed E-state index contributed by atoms with van der Waals surface area (Å²) < 4.78 is 20.4. The molecule has 5 atom stereocenters. The molecule has 3 aromatic rings. The molecular weight excluding hydrogens is 522 g/mol. The second-order valence-electron chi connectivity index (χ2n) is 11.5. The zero-order chi connectivity index (χ0) is 28.0. The van der Waals surface area contributed by atoms with E-state index in [0.717, 1.165) is 15.9 Å². The lowest BCUT2D eigenvalue weighted by molar-refractivity contribution is -0.180. The molecule has 3 aromatic carbocycles. The third-order valence-electron chi connectivity index (χ3n) is 8.10. The van der Waals surface area contributed by atoms with E-state index in [9.17, 15) is 9.90 Å². The number of oxime groups is 1. The molecule has 206 valence electrons. The molecule has 0 radical (unpaired) electrons. The maximum Gasteiger partial charge on any atom is 0.353 e. The largest absolute Gasteiger partial charge is 0.477 e. The van der Waals surface area contributed by atoms with Gasteiger partial charge in [0.15, 0.2) is 18.1 Å². The predicted molar refractivity (Wildman–Crippen MR) is 154 cm³/mol. The molecule has 1 N–H and O–H groups in total. The SMILES string of the molecule is CC(C)(C)[Si](O[C@@H]1C=C[C@@H]2OC(c3ccccc3)O[C@@]23CC(C(=O)O)=NO[C@@H]13)(c1ccccc1)c1ccccc1. The Hall–Kier alpha value is -3.56. The van der Waals surface area contributed by atoms with Crippen molar-refractivity contribution in [3.8, 4) is 0 Å². The molecule has 8 heteroatoms. The highest BCUT2D eigenvalue weighted by Crippen LogP contribution is 2.50. The van der Waals surface area contributed by atoms with Crippen LogP contribution in [0.1, 0.15) is 39.0 Å². The first kappa shape index (κ1) is 26.6. The molecule has 0 bridgehead atoms. The van der Waals surface area contributed by atoms with Crippen LogP contribution in [0.4, 0.5) is 0 Å². The second kappa shape index (κ2) is 10.1. The van der Waals surface area contributed by atoms with Crippen molar-refractivity contribution in [2.24, 2.45) is 5.16 Å². The molecular formula is C32H33NO6Si. The van der Waals surface area contributed by atoms with Gasteiger partial charge in [0.1, 0.15) is 17.8 Å². The molecule has 1 aliphatic carbocycles. The van der Waals surface area contributed by atoms with E-state index in [1.165, 1.54) is 0 Å². The highest BCUT2D eigenvalue weighted by molar-refractivity contribution is 6.99. The number of nitrogens with zero attached hydrogens (tertiary/aromatic N) is 1. The molecule has 2 aliphatic heterocycles. The van der Waals surface area contributed by atoms with Gasteiger partial charge in [0.25, 0.3) is 8.32 Å². The first-order chi connectivity index (χ1) is 19.2. The van der Waals surface area contributed by atoms with Gasteiger partial charge in [-0.15, -0.1) is 0 Å². The Balaban J connectivity index is 1.46. The molecule has 3 aliphatic rings. The quantitative estimate of drug-likeness (QED) is 0.354. The van der Waals surface area contributed by atoms with Crippen LogP contribution in [-0.4, -0.2) is 49.0 Å². The number of rotatable bonds is 6. The Kier molecular flexibility index (Phi) is 6.74. The van der Waals surface area contributed by atoms with Crippen molar-refractivity contribution < 1.29 is 28.6 Å². The zero-order valence-electron chi connectivity index (χ0n) is 22.8. The Morgan fingerprint density at radius 2 is 1.50 bits per heavy atom. The van der Waals surface area contributed by atoms with Gasteiger partial charge >= 0.3 is 5.97 Å². The number of ether oxygens (including phenoxy) is 2. The van der Waals surface area contributed by atoms with Crippen molar-refractivity contribution in [1.82, 2.24) is 0 Å². The van der Waals surface area contributed by atoms with E-state index in [2.05, 4.69) is 50.2 Å². The van der Waals surface area contributed by atoms with Crippen LogP contribution in [0.5, 0.6) is 0 Å². The van der Waals surface area contributed by atoms with Crippen molar-refractivity contribution in [2.75, 3.05) is 0 Å². The summed E-state index contributed by atoms with van der Waals surface area (Å²) >= 11 is 0. The minimum absolute atomic E-state index is 0.0337. The summed E-state index contributed by atoms with van der Waals surface area (Å²) in [6, 6.07) is 30.4. The summed E-state index contributed by atoms with van der Waals surface area (Å²) in [6.45, 7) is 6.65. The molecule has 6 rings (SSSR count). The Morgan fingerprint density at radius 3 is 2.05 bits per heavy atom. The predicted octanol–water partition coefficient (Wildman–Crippen LogP) is 4.58. The average Bonchev–Trinajstić information content (AvgIpc) is 3.34. The van der Waals surface area contributed by atoms with Crippen LogP contribution in [0, 0.1) is 0 Å². The average molecular weight is 556 g/mol. The number of carbonyl (C=O) groups is 1. The smallest absolute Gasteiger partial charge is 0.353 e. The molecule has 0 aromatic heterocycles. The zero-order valence-corrected chi connectivity index (χ0v) is 23.8. The lowest BCUT2D eigenvalue weighted by atomic mass is 9.78. The number of hydrogen-bond donors (Lipinski definition) is 1. The van der Waals surface area contributed by atoms with Gasteiger partial charge in [-0.25, -0.2) is 4.79 Å². The molecule has 0 amide bonds. The highest BCUT2D eigenvalue weighted by atomic mass is 28.4. The third kappa shape index (κ3) is 4.32. The summed E-state index contributed by atoms with van der Waals surface area (Å²) in [5, 5.41) is 15.9. The number of carboxylic acid groups (broad SMARTS) is 1. The molecule has 0 saturated carbocycles. The van der Waals surface area contributed by atoms with Crippen LogP contribution >= 0.6 is 0 Å². The molecule has 1 spiro atoms. The molecule has 1 saturated heterocycles. The van der Waals surface area contributed by atoms with Gasteiger partial charge in [-0.1, -0.05) is 129 Å². The van der Waals surface area contributed by atoms with Gasteiger partial charge in [-0.3, -0.25) is 0 Å². The van der Waals surface area contributed by atoms with E-state index in [0.29, 0.717) is 0 Å². The van der Waals surface area contributed by atoms with Crippen LogP contribution in [0.2, 0.25) is 5.04 Å². The van der Waals surface area contributed by atoms with Gasteiger partial charge in [-0.2, -0.15) is 0 Å². The lowest BCUT2D eigenvalue weighted by Gasteiger charge is -2.50. The van der Waals surface area contributed by atoms with Crippen molar-refractivity contribution in [2.45, 2.75) is 62.4 Å². The molecule has 1 fully saturated rings. The fraction of sp³-hybridized carbons (Fsp3) is 0.312. The first-order valence-corrected chi connectivity index (χ1v) is 15.5. The Morgan fingerprint density at radius 1 is 0.925 bits per heavy atom. The molecule has 2 heterocycles. The first-order valence-electron chi connectivity index (χ1n) is 13.6. The van der Waals surface area contributed by atoms with E-state index < -0.39 is 44.5 Å². The molecule has 40 heavy (non-hydrogen) atoms. The van der Waals surface area contributed by atoms with Crippen LogP contribution in [0.15, 0.2) is 108 Å². The van der Waals surface area contributed by atoms with E-state index in [-0.39, 0.29) is 17.2 Å². The molecule has 7 nitrogen and oxygen atoms in total. The van der Waals surface area contributed by atoms with Crippen molar-refractivity contribution >= 4 is 30.4 Å². The summed E-state index contributed by atoms with van der Waals surface area (Å²) in [4.78, 5) is 18.1. The topological polar surface area (TPSA) is 86.6 Å². The number of benzene rings is 3. The van der Waals surface area contributed by atoms with Gasteiger partial charge in [0.2, 0.25) is 0 Å². The van der Waals surface area contributed by atoms with Gasteiger partial charge < -0.3 is 23.8 Å². The Bertz CT molecular complexity index is 1380. The minimum atomic E-state index is -2.97. The van der Waals surface area contributed by atoms with E-state index in [4.69, 9.17) is 18.7 Å². The standard InChI is InChI=1S/C32H33NO6Si/c1-31(2,3)40(23-15-9-5-10-16-23,24-17-11-6-12-18-24)39-26-19-20-27-32(21-25(29(34)35)33-38-28(26)32)37-30(36-27)22-13-7-4-8-14-22/h4-20,26-28,30H,21H2,1-3H3,(H,34,35)/t26-,27+,28+,30?,32+/m1/s1. The third-order valence-corrected chi connectivity index (χ3v) is 13.1. The minimum Gasteiger partial charge on any atom is -0.477 e. The van der Waals surface area contributed by atoms with Crippen molar-refractivity contribution in [1.29, 1.82) is 0 Å². The highest BCUT2D eigenvalue weighted by Gasteiger charge is 2.64. The number of hydrogen-bond acceptors (Lipinski definition) is 6.